The smallest absolute Gasteiger partial charge is 0.252 e. The zero-order valence-corrected chi connectivity index (χ0v) is 66.4. The highest BCUT2D eigenvalue weighted by Crippen LogP contribution is 2.56. The van der Waals surface area contributed by atoms with Crippen LogP contribution in [0.5, 0.6) is 0 Å². The summed E-state index contributed by atoms with van der Waals surface area (Å²) in [7, 11) is 0. The van der Waals surface area contributed by atoms with Gasteiger partial charge in [-0.15, -0.1) is 0 Å². The lowest BCUT2D eigenvalue weighted by molar-refractivity contribution is 0.590. The van der Waals surface area contributed by atoms with E-state index in [0.717, 1.165) is 106 Å². The maximum atomic E-state index is 7.13. The standard InChI is InChI=1S/C104H92BN5O/c1-100(2,3)65-39-49-84-77(55-65)78-56-66(101(4,5)6)40-50-85(78)107(84)71-43-47-81-89(61-71)109(98-73(63-29-19-16-20-30-63)45-53-88-95(98)75-35-25-27-37-83(75)106(88)70-33-23-18-24-34-70)91-59-69(104(13,14)15)60-92-97(91)105(81)82-48-44-72(108-86-51-41-67(102(7,8)9)57-79(86)80-58-68(103(10,11)12)42-52-87(80)108)62-90(82)110(92)99-74(64-31-21-17-22-32-64)46-54-94-96(99)76-36-26-28-38-93(76)111-94/h16-62H,1-15H3. The summed E-state index contributed by atoms with van der Waals surface area (Å²) in [5, 5.41) is 9.51. The Hall–Kier alpha value is -12.1. The van der Waals surface area contributed by atoms with Crippen LogP contribution in [-0.4, -0.2) is 20.4 Å². The maximum Gasteiger partial charge on any atom is 0.252 e. The number of aromatic nitrogens is 3. The van der Waals surface area contributed by atoms with E-state index in [-0.39, 0.29) is 33.8 Å². The van der Waals surface area contributed by atoms with Crippen molar-refractivity contribution in [1.29, 1.82) is 0 Å². The van der Waals surface area contributed by atoms with E-state index in [1.165, 1.54) is 98.6 Å². The highest BCUT2D eigenvalue weighted by atomic mass is 16.3. The molecule has 7 heteroatoms. The van der Waals surface area contributed by atoms with E-state index in [2.05, 4.69) is 412 Å². The predicted octanol–water partition coefficient (Wildman–Crippen LogP) is 26.8. The van der Waals surface area contributed by atoms with Gasteiger partial charge in [0.1, 0.15) is 11.2 Å². The molecule has 18 aromatic rings. The molecule has 0 radical (unpaired) electrons. The van der Waals surface area contributed by atoms with Gasteiger partial charge >= 0.3 is 0 Å². The van der Waals surface area contributed by atoms with Crippen molar-refractivity contribution >= 4 is 145 Å². The minimum Gasteiger partial charge on any atom is -0.456 e. The summed E-state index contributed by atoms with van der Waals surface area (Å²) < 4.78 is 14.7. The van der Waals surface area contributed by atoms with Crippen molar-refractivity contribution < 1.29 is 4.42 Å². The van der Waals surface area contributed by atoms with Crippen LogP contribution in [0.2, 0.25) is 0 Å². The highest BCUT2D eigenvalue weighted by molar-refractivity contribution is 7.00. The third-order valence-electron chi connectivity index (χ3n) is 24.4. The van der Waals surface area contributed by atoms with Crippen LogP contribution in [0.4, 0.5) is 34.1 Å². The van der Waals surface area contributed by atoms with E-state index in [1.807, 2.05) is 0 Å². The molecule has 6 heterocycles. The Morgan fingerprint density at radius 1 is 0.252 bits per heavy atom. The second kappa shape index (κ2) is 24.2. The first kappa shape index (κ1) is 68.2. The molecule has 111 heavy (non-hydrogen) atoms. The van der Waals surface area contributed by atoms with Gasteiger partial charge in [0.15, 0.2) is 0 Å². The van der Waals surface area contributed by atoms with Gasteiger partial charge in [0, 0.05) is 88.6 Å². The molecule has 6 nitrogen and oxygen atoms in total. The van der Waals surface area contributed by atoms with Crippen LogP contribution in [0, 0.1) is 0 Å². The lowest BCUT2D eigenvalue weighted by Crippen LogP contribution is -2.61. The van der Waals surface area contributed by atoms with Gasteiger partial charge in [-0.2, -0.15) is 0 Å². The largest absolute Gasteiger partial charge is 0.456 e. The molecule has 0 N–H and O–H groups in total. The molecule has 542 valence electrons. The number of hydrogen-bond donors (Lipinski definition) is 0. The fourth-order valence-corrected chi connectivity index (χ4v) is 18.5. The van der Waals surface area contributed by atoms with Crippen molar-refractivity contribution in [1.82, 2.24) is 13.7 Å². The van der Waals surface area contributed by atoms with Gasteiger partial charge < -0.3 is 27.9 Å². The lowest BCUT2D eigenvalue weighted by Gasteiger charge is -2.46. The monoisotopic (exact) mass is 1440 g/mol. The van der Waals surface area contributed by atoms with E-state index >= 15 is 0 Å². The van der Waals surface area contributed by atoms with Gasteiger partial charge in [0.2, 0.25) is 0 Å². The molecule has 0 amide bonds. The maximum absolute atomic E-state index is 7.13. The summed E-state index contributed by atoms with van der Waals surface area (Å²) in [5.41, 5.74) is 32.6. The van der Waals surface area contributed by atoms with Gasteiger partial charge in [-0.25, -0.2) is 0 Å². The number of fused-ring (bicyclic) bond motifs is 16. The number of benzene rings is 14. The summed E-state index contributed by atoms with van der Waals surface area (Å²) in [6.07, 6.45) is 0. The van der Waals surface area contributed by atoms with Crippen molar-refractivity contribution in [3.63, 3.8) is 0 Å². The van der Waals surface area contributed by atoms with E-state index in [9.17, 15) is 0 Å². The molecular formula is C104H92BN5O. The van der Waals surface area contributed by atoms with Gasteiger partial charge in [-0.3, -0.25) is 0 Å². The number of nitrogens with zero attached hydrogens (tertiary/aromatic N) is 5. The van der Waals surface area contributed by atoms with Crippen molar-refractivity contribution in [3.8, 4) is 39.3 Å². The Labute approximate surface area is 651 Å². The van der Waals surface area contributed by atoms with Crippen LogP contribution in [0.15, 0.2) is 290 Å². The molecule has 2 aliphatic heterocycles. The summed E-state index contributed by atoms with van der Waals surface area (Å²) in [4.78, 5) is 5.45. The number of anilines is 6. The lowest BCUT2D eigenvalue weighted by atomic mass is 9.33. The van der Waals surface area contributed by atoms with Crippen molar-refractivity contribution in [3.05, 3.63) is 313 Å². The third kappa shape index (κ3) is 10.6. The Balaban J connectivity index is 0.970. The molecule has 0 atom stereocenters. The predicted molar refractivity (Wildman–Crippen MR) is 475 cm³/mol. The van der Waals surface area contributed by atoms with E-state index in [4.69, 9.17) is 4.42 Å². The molecule has 0 saturated carbocycles. The van der Waals surface area contributed by atoms with E-state index < -0.39 is 0 Å². The van der Waals surface area contributed by atoms with Gasteiger partial charge in [-0.1, -0.05) is 262 Å². The molecule has 0 aliphatic carbocycles. The summed E-state index contributed by atoms with van der Waals surface area (Å²) in [6.45, 7) is 34.9. The Morgan fingerprint density at radius 3 is 1.07 bits per heavy atom. The number of rotatable bonds is 7. The van der Waals surface area contributed by atoms with Crippen LogP contribution < -0.4 is 26.2 Å². The summed E-state index contributed by atoms with van der Waals surface area (Å²) in [5.74, 6) is 0. The van der Waals surface area contributed by atoms with Crippen LogP contribution in [-0.2, 0) is 27.1 Å². The molecular weight excluding hydrogens is 1350 g/mol. The first-order valence-corrected chi connectivity index (χ1v) is 39.7. The minimum atomic E-state index is -0.363. The molecule has 0 saturated heterocycles. The second-order valence-corrected chi connectivity index (χ2v) is 36.6. The van der Waals surface area contributed by atoms with E-state index in [0.29, 0.717) is 0 Å². The average Bonchev–Trinajstić information content (AvgIpc) is 1.45. The van der Waals surface area contributed by atoms with Crippen molar-refractivity contribution in [2.45, 2.75) is 131 Å². The Kier molecular flexibility index (Phi) is 14.9. The Morgan fingerprint density at radius 2 is 0.622 bits per heavy atom. The zero-order chi connectivity index (χ0) is 76.3. The van der Waals surface area contributed by atoms with Crippen LogP contribution in [0.1, 0.15) is 132 Å². The van der Waals surface area contributed by atoms with Crippen molar-refractivity contribution in [2.24, 2.45) is 0 Å². The first-order valence-electron chi connectivity index (χ1n) is 39.7. The molecule has 20 rings (SSSR count). The molecule has 0 spiro atoms. The van der Waals surface area contributed by atoms with Crippen LogP contribution in [0.3, 0.4) is 0 Å². The normalized spacial score (nSPS) is 13.5. The molecule has 14 aromatic carbocycles. The third-order valence-corrected chi connectivity index (χ3v) is 24.4. The number of para-hydroxylation sites is 3. The highest BCUT2D eigenvalue weighted by Gasteiger charge is 2.47. The topological polar surface area (TPSA) is 34.4 Å². The SMILES string of the molecule is CC(C)(C)c1cc2c3c(c1)N(c1c(-c4ccccc4)ccc4c1c1ccccc1n4-c1ccccc1)c1cc(-n4c5ccc(C(C)(C)C)cc5c5cc(C(C)(C)C)ccc54)ccc1B3c1ccc(-n3c4ccc(C(C)(C)C)cc4c4cc(C(C)(C)C)ccc43)cc1N2c1c(-c2ccccc2)ccc2oc3ccccc3c12. The molecule has 0 fully saturated rings. The fraction of sp³-hybridized carbons (Fsp3) is 0.192. The van der Waals surface area contributed by atoms with Crippen LogP contribution in [0.25, 0.3) is 127 Å². The first-order chi connectivity index (χ1) is 53.2. The Bertz CT molecular complexity index is 6760. The average molecular weight is 1440 g/mol. The zero-order valence-electron chi connectivity index (χ0n) is 66.4. The van der Waals surface area contributed by atoms with Gasteiger partial charge in [0.05, 0.1) is 49.9 Å². The number of furan rings is 1. The molecule has 0 unspecified atom stereocenters. The molecule has 2 aliphatic rings. The second-order valence-electron chi connectivity index (χ2n) is 36.6. The molecule has 0 bridgehead atoms. The fourth-order valence-electron chi connectivity index (χ4n) is 18.5. The molecule has 4 aromatic heterocycles. The minimum absolute atomic E-state index is 0.0669. The summed E-state index contributed by atoms with van der Waals surface area (Å²) in [6, 6.07) is 109. The van der Waals surface area contributed by atoms with E-state index in [1.54, 1.807) is 0 Å². The van der Waals surface area contributed by atoms with Crippen LogP contribution >= 0.6 is 0 Å². The number of hydrogen-bond acceptors (Lipinski definition) is 3. The quantitative estimate of drug-likeness (QED) is 0.149. The summed E-state index contributed by atoms with van der Waals surface area (Å²) >= 11 is 0. The van der Waals surface area contributed by atoms with Gasteiger partial charge in [-0.05, 0) is 210 Å². The van der Waals surface area contributed by atoms with Gasteiger partial charge in [0.25, 0.3) is 6.71 Å². The van der Waals surface area contributed by atoms with Crippen molar-refractivity contribution in [2.75, 3.05) is 9.80 Å².